The van der Waals surface area contributed by atoms with Crippen molar-refractivity contribution in [2.24, 2.45) is 0 Å². The molecule has 0 aromatic carbocycles. The molecule has 0 unspecified atom stereocenters. The maximum atomic E-state index is 11.8. The zero-order valence-electron chi connectivity index (χ0n) is 11.2. The van der Waals surface area contributed by atoms with E-state index in [0.717, 1.165) is 6.42 Å². The molecule has 0 bridgehead atoms. The van der Waals surface area contributed by atoms with E-state index >= 15 is 0 Å². The fourth-order valence-corrected chi connectivity index (χ4v) is 1.61. The molecule has 0 aliphatic carbocycles. The third-order valence-electron chi connectivity index (χ3n) is 2.43. The summed E-state index contributed by atoms with van der Waals surface area (Å²) in [5.74, 6) is -0.615. The summed E-state index contributed by atoms with van der Waals surface area (Å²) < 4.78 is 28.4. The Labute approximate surface area is 116 Å². The van der Waals surface area contributed by atoms with Crippen molar-refractivity contribution < 1.29 is 23.4 Å². The highest BCUT2D eigenvalue weighted by atomic mass is 19.3. The lowest BCUT2D eigenvalue weighted by molar-refractivity contribution is 0.0214. The zero-order chi connectivity index (χ0) is 15.0. The predicted molar refractivity (Wildman–Crippen MR) is 70.5 cm³/mol. The average molecular weight is 288 g/mol. The number of carboxylic acid groups (broad SMARTS) is 1. The van der Waals surface area contributed by atoms with Crippen molar-refractivity contribution in [2.45, 2.75) is 26.2 Å². The number of rotatable bonds is 9. The first-order valence-electron chi connectivity index (χ1n) is 6.37. The maximum Gasteiger partial charge on any atom is 0.335 e. The van der Waals surface area contributed by atoms with Crippen LogP contribution in [-0.2, 0) is 11.2 Å². The molecule has 7 heteroatoms. The largest absolute Gasteiger partial charge is 0.478 e. The van der Waals surface area contributed by atoms with E-state index in [4.69, 9.17) is 9.84 Å². The first kappa shape index (κ1) is 16.3. The summed E-state index contributed by atoms with van der Waals surface area (Å²) >= 11 is 0. The molecular formula is C13H18F2N2O3. The average Bonchev–Trinajstić information content (AvgIpc) is 2.38. The molecule has 112 valence electrons. The normalized spacial score (nSPS) is 10.8. The van der Waals surface area contributed by atoms with Crippen LogP contribution in [0.15, 0.2) is 12.1 Å². The van der Waals surface area contributed by atoms with Crippen molar-refractivity contribution in [1.82, 2.24) is 4.98 Å². The van der Waals surface area contributed by atoms with Gasteiger partial charge in [-0.3, -0.25) is 0 Å². The number of carbonyl (C=O) groups is 1. The van der Waals surface area contributed by atoms with E-state index in [1.54, 1.807) is 0 Å². The smallest absolute Gasteiger partial charge is 0.335 e. The van der Waals surface area contributed by atoms with E-state index in [-0.39, 0.29) is 18.7 Å². The zero-order valence-corrected chi connectivity index (χ0v) is 11.2. The quantitative estimate of drug-likeness (QED) is 0.683. The molecule has 1 aromatic rings. The molecule has 0 atom stereocenters. The van der Waals surface area contributed by atoms with Gasteiger partial charge in [-0.1, -0.05) is 13.3 Å². The van der Waals surface area contributed by atoms with Gasteiger partial charge in [0.05, 0.1) is 12.2 Å². The summed E-state index contributed by atoms with van der Waals surface area (Å²) in [7, 11) is 0. The number of nitrogens with one attached hydrogen (secondary N) is 1. The van der Waals surface area contributed by atoms with Crippen molar-refractivity contribution in [3.05, 3.63) is 23.4 Å². The van der Waals surface area contributed by atoms with Crippen LogP contribution in [0.2, 0.25) is 0 Å². The van der Waals surface area contributed by atoms with Crippen molar-refractivity contribution in [3.63, 3.8) is 0 Å². The molecule has 20 heavy (non-hydrogen) atoms. The predicted octanol–water partition coefficient (Wildman–Crippen LogP) is 2.43. The highest BCUT2D eigenvalue weighted by molar-refractivity contribution is 5.88. The standard InChI is InChI=1S/C13H18F2N2O3/c1-2-3-10-6-9(13(18)19)7-12(17-10)16-4-5-20-8-11(14)15/h6-7,11H,2-5,8H2,1H3,(H,16,17)(H,18,19). The van der Waals surface area contributed by atoms with Gasteiger partial charge >= 0.3 is 5.97 Å². The third kappa shape index (κ3) is 5.92. The summed E-state index contributed by atoms with van der Waals surface area (Å²) in [5.41, 5.74) is 0.836. The number of hydrogen-bond acceptors (Lipinski definition) is 4. The van der Waals surface area contributed by atoms with Crippen molar-refractivity contribution in [1.29, 1.82) is 0 Å². The fraction of sp³-hybridized carbons (Fsp3) is 0.538. The second-order valence-electron chi connectivity index (χ2n) is 4.18. The van der Waals surface area contributed by atoms with Gasteiger partial charge in [-0.05, 0) is 18.6 Å². The highest BCUT2D eigenvalue weighted by Gasteiger charge is 2.08. The van der Waals surface area contributed by atoms with Gasteiger partial charge in [0.15, 0.2) is 0 Å². The Balaban J connectivity index is 2.57. The second kappa shape index (κ2) is 8.42. The molecule has 1 rings (SSSR count). The van der Waals surface area contributed by atoms with E-state index < -0.39 is 19.0 Å². The monoisotopic (exact) mass is 288 g/mol. The van der Waals surface area contributed by atoms with Crippen LogP contribution in [0.3, 0.4) is 0 Å². The topological polar surface area (TPSA) is 71.5 Å². The van der Waals surface area contributed by atoms with Crippen LogP contribution in [-0.4, -0.2) is 42.2 Å². The van der Waals surface area contributed by atoms with Gasteiger partial charge in [0.2, 0.25) is 0 Å². The Morgan fingerprint density at radius 3 is 2.85 bits per heavy atom. The Hall–Kier alpha value is -1.76. The van der Waals surface area contributed by atoms with Gasteiger partial charge in [0.25, 0.3) is 6.43 Å². The highest BCUT2D eigenvalue weighted by Crippen LogP contribution is 2.12. The molecular weight excluding hydrogens is 270 g/mol. The lowest BCUT2D eigenvalue weighted by atomic mass is 10.1. The summed E-state index contributed by atoms with van der Waals surface area (Å²) in [6.07, 6.45) is -0.954. The number of halogens is 2. The SMILES string of the molecule is CCCc1cc(C(=O)O)cc(NCCOCC(F)F)n1. The minimum atomic E-state index is -2.49. The van der Waals surface area contributed by atoms with Crippen LogP contribution in [0.5, 0.6) is 0 Å². The molecule has 0 saturated carbocycles. The van der Waals surface area contributed by atoms with Crippen LogP contribution in [0.25, 0.3) is 0 Å². The number of anilines is 1. The van der Waals surface area contributed by atoms with Crippen LogP contribution >= 0.6 is 0 Å². The molecule has 0 fully saturated rings. The van der Waals surface area contributed by atoms with E-state index in [0.29, 0.717) is 17.9 Å². The van der Waals surface area contributed by atoms with Gasteiger partial charge in [0.1, 0.15) is 12.4 Å². The Bertz CT molecular complexity index is 442. The molecule has 2 N–H and O–H groups in total. The van der Waals surface area contributed by atoms with Crippen LogP contribution in [0.1, 0.15) is 29.4 Å². The molecule has 0 radical (unpaired) electrons. The molecule has 0 saturated heterocycles. The molecule has 0 aliphatic heterocycles. The van der Waals surface area contributed by atoms with E-state index in [2.05, 4.69) is 10.3 Å². The first-order chi connectivity index (χ1) is 9.52. The Morgan fingerprint density at radius 1 is 1.50 bits per heavy atom. The number of ether oxygens (including phenoxy) is 1. The van der Waals surface area contributed by atoms with E-state index in [1.807, 2.05) is 6.92 Å². The van der Waals surface area contributed by atoms with E-state index in [9.17, 15) is 13.6 Å². The Kier molecular flexibility index (Phi) is 6.86. The number of aryl methyl sites for hydroxylation is 1. The van der Waals surface area contributed by atoms with Crippen LogP contribution in [0, 0.1) is 0 Å². The Morgan fingerprint density at radius 2 is 2.25 bits per heavy atom. The van der Waals surface area contributed by atoms with Crippen LogP contribution in [0.4, 0.5) is 14.6 Å². The summed E-state index contributed by atoms with van der Waals surface area (Å²) in [6, 6.07) is 2.94. The number of alkyl halides is 2. The maximum absolute atomic E-state index is 11.8. The number of aromatic nitrogens is 1. The summed E-state index contributed by atoms with van der Waals surface area (Å²) in [4.78, 5) is 15.3. The van der Waals surface area contributed by atoms with Gasteiger partial charge in [-0.15, -0.1) is 0 Å². The lowest BCUT2D eigenvalue weighted by Gasteiger charge is -2.09. The first-order valence-corrected chi connectivity index (χ1v) is 6.37. The van der Waals surface area contributed by atoms with Gasteiger partial charge in [0, 0.05) is 12.2 Å². The van der Waals surface area contributed by atoms with Gasteiger partial charge in [-0.2, -0.15) is 0 Å². The second-order valence-corrected chi connectivity index (χ2v) is 4.18. The fourth-order valence-electron chi connectivity index (χ4n) is 1.61. The van der Waals surface area contributed by atoms with Crippen molar-refractivity contribution in [3.8, 4) is 0 Å². The van der Waals surface area contributed by atoms with Gasteiger partial charge in [-0.25, -0.2) is 18.6 Å². The molecule has 1 heterocycles. The lowest BCUT2D eigenvalue weighted by Crippen LogP contribution is -2.14. The minimum absolute atomic E-state index is 0.104. The van der Waals surface area contributed by atoms with Crippen molar-refractivity contribution in [2.75, 3.05) is 25.1 Å². The number of pyridine rings is 1. The molecule has 0 amide bonds. The van der Waals surface area contributed by atoms with Crippen molar-refractivity contribution >= 4 is 11.8 Å². The third-order valence-corrected chi connectivity index (χ3v) is 2.43. The number of carboxylic acids is 1. The van der Waals surface area contributed by atoms with Gasteiger partial charge < -0.3 is 15.2 Å². The number of aromatic carboxylic acids is 1. The number of nitrogens with zero attached hydrogens (tertiary/aromatic N) is 1. The molecule has 1 aromatic heterocycles. The molecule has 5 nitrogen and oxygen atoms in total. The molecule has 0 spiro atoms. The summed E-state index contributed by atoms with van der Waals surface area (Å²) in [6.45, 7) is 1.76. The van der Waals surface area contributed by atoms with E-state index in [1.165, 1.54) is 12.1 Å². The summed E-state index contributed by atoms with van der Waals surface area (Å²) in [5, 5.41) is 11.9. The number of hydrogen-bond donors (Lipinski definition) is 2. The minimum Gasteiger partial charge on any atom is -0.478 e. The van der Waals surface area contributed by atoms with Crippen LogP contribution < -0.4 is 5.32 Å². The molecule has 0 aliphatic rings.